The summed E-state index contributed by atoms with van der Waals surface area (Å²) < 4.78 is 40.8. The molecule has 18 heteroatoms. The molecule has 0 spiro atoms. The fraction of sp³-hybridized carbons (Fsp3) is 0.500. The summed E-state index contributed by atoms with van der Waals surface area (Å²) in [5, 5.41) is 15.3. The average Bonchev–Trinajstić information content (AvgIpc) is 3.74. The number of fused-ring (bicyclic) bond motifs is 5. The Hall–Kier alpha value is -2.65. The first-order valence-corrected chi connectivity index (χ1v) is 14.2. The zero-order chi connectivity index (χ0) is 27.2. The van der Waals surface area contributed by atoms with Gasteiger partial charge in [-0.25, -0.2) is 19.5 Å². The van der Waals surface area contributed by atoms with Crippen LogP contribution in [-0.4, -0.2) is 82.9 Å². The maximum atomic E-state index is 12.2. The smallest absolute Gasteiger partial charge is 0.258 e. The second-order valence-electron chi connectivity index (χ2n) is 9.62. The van der Waals surface area contributed by atoms with E-state index < -0.39 is 33.6 Å². The Labute approximate surface area is 229 Å². The van der Waals surface area contributed by atoms with Gasteiger partial charge in [-0.3, -0.25) is 13.8 Å². The summed E-state index contributed by atoms with van der Waals surface area (Å²) in [6, 6.07) is 1.40. The lowest BCUT2D eigenvalue weighted by molar-refractivity contribution is -0.0443. The van der Waals surface area contributed by atoms with Gasteiger partial charge in [0.1, 0.15) is 30.7 Å². The fourth-order valence-electron chi connectivity index (χ4n) is 5.28. The lowest BCUT2D eigenvalue weighted by Gasteiger charge is -2.24. The minimum Gasteiger partial charge on any atom is -0.387 e. The molecule has 0 amide bonds. The summed E-state index contributed by atoms with van der Waals surface area (Å²) in [6.45, 7) is 0.706. The third kappa shape index (κ3) is 4.69. The maximum Gasteiger partial charge on any atom is 0.258 e. The van der Waals surface area contributed by atoms with Crippen LogP contribution in [0.4, 0.5) is 5.82 Å². The van der Waals surface area contributed by atoms with Gasteiger partial charge in [-0.2, -0.15) is 5.10 Å². The van der Waals surface area contributed by atoms with E-state index in [0.717, 1.165) is 5.69 Å². The number of hydrogen-bond acceptors (Lipinski definition) is 13. The number of rotatable bonds is 2. The van der Waals surface area contributed by atoms with E-state index >= 15 is 0 Å². The summed E-state index contributed by atoms with van der Waals surface area (Å²) in [6.07, 6.45) is 4.49. The van der Waals surface area contributed by atoms with Crippen molar-refractivity contribution < 1.29 is 32.7 Å². The second-order valence-corrected chi connectivity index (χ2v) is 11.1. The highest BCUT2D eigenvalue weighted by molar-refractivity contribution is 7.26. The largest absolute Gasteiger partial charge is 0.387 e. The van der Waals surface area contributed by atoms with E-state index in [4.69, 9.17) is 33.3 Å². The van der Waals surface area contributed by atoms with Crippen molar-refractivity contribution >= 4 is 35.3 Å². The highest BCUT2D eigenvalue weighted by atomic mass is 31.1. The molecule has 0 saturated carbocycles. The van der Waals surface area contributed by atoms with Gasteiger partial charge in [0.05, 0.1) is 37.8 Å². The minimum atomic E-state index is -1.02. The van der Waals surface area contributed by atoms with Crippen LogP contribution >= 0.6 is 18.1 Å². The van der Waals surface area contributed by atoms with Gasteiger partial charge >= 0.3 is 0 Å². The molecule has 3 aliphatic rings. The molecule has 212 valence electrons. The molecule has 16 nitrogen and oxygen atoms in total. The number of ether oxygens (including phenoxy) is 2. The number of aromatic nitrogens is 7. The van der Waals surface area contributed by atoms with Crippen molar-refractivity contribution in [2.24, 2.45) is 5.92 Å². The minimum absolute atomic E-state index is 0.0137. The van der Waals surface area contributed by atoms with Gasteiger partial charge in [-0.1, -0.05) is 0 Å². The molecule has 3 aliphatic heterocycles. The first kappa shape index (κ1) is 26.3. The molecule has 4 aromatic heterocycles. The highest BCUT2D eigenvalue weighted by Gasteiger charge is 2.47. The van der Waals surface area contributed by atoms with Gasteiger partial charge < -0.3 is 38.4 Å². The molecule has 7 heterocycles. The molecular formula is C22H26N8O8P2. The quantitative estimate of drug-likeness (QED) is 0.305. The normalized spacial score (nSPS) is 33.1. The summed E-state index contributed by atoms with van der Waals surface area (Å²) in [4.78, 5) is 24.8. The van der Waals surface area contributed by atoms with E-state index in [2.05, 4.69) is 20.1 Å². The topological polar surface area (TPSA) is 184 Å². The molecule has 0 radical (unpaired) electrons. The zero-order valence-corrected chi connectivity index (χ0v) is 22.8. The highest BCUT2D eigenvalue weighted by Crippen LogP contribution is 2.41. The molecule has 40 heavy (non-hydrogen) atoms. The number of imidazole rings is 2. The van der Waals surface area contributed by atoms with Gasteiger partial charge in [0.25, 0.3) is 5.56 Å². The maximum absolute atomic E-state index is 12.2. The molecule has 9 atom stereocenters. The number of aliphatic hydroxyl groups excluding tert-OH is 1. The molecule has 2 unspecified atom stereocenters. The summed E-state index contributed by atoms with van der Waals surface area (Å²) in [5.74, 6) is 0.662. The van der Waals surface area contributed by atoms with Crippen molar-refractivity contribution in [1.82, 2.24) is 33.5 Å². The lowest BCUT2D eigenvalue weighted by Crippen LogP contribution is -2.35. The van der Waals surface area contributed by atoms with Crippen LogP contribution in [0, 0.1) is 5.92 Å². The first-order valence-electron chi connectivity index (χ1n) is 12.6. The number of nitrogen functional groups attached to an aromatic ring is 1. The molecular weight excluding hydrogens is 566 g/mol. The Morgan fingerprint density at radius 2 is 1.88 bits per heavy atom. The Bertz CT molecular complexity index is 1570. The van der Waals surface area contributed by atoms with Crippen LogP contribution in [0.2, 0.25) is 0 Å². The number of aliphatic hydroxyl groups is 1. The van der Waals surface area contributed by atoms with Crippen LogP contribution in [0.1, 0.15) is 24.4 Å². The van der Waals surface area contributed by atoms with Crippen molar-refractivity contribution in [1.29, 1.82) is 0 Å². The fourth-order valence-corrected chi connectivity index (χ4v) is 6.54. The van der Waals surface area contributed by atoms with E-state index in [1.165, 1.54) is 23.0 Å². The molecule has 4 aromatic rings. The summed E-state index contributed by atoms with van der Waals surface area (Å²) >= 11 is 0. The Kier molecular flexibility index (Phi) is 7.20. The van der Waals surface area contributed by atoms with Crippen LogP contribution in [0.3, 0.4) is 0 Å². The molecule has 3 N–H and O–H groups in total. The number of hydrogen-bond donors (Lipinski definition) is 2. The molecule has 3 saturated heterocycles. The van der Waals surface area contributed by atoms with Crippen LogP contribution in [0.25, 0.3) is 11.4 Å². The van der Waals surface area contributed by atoms with Crippen molar-refractivity contribution in [3.63, 3.8) is 0 Å². The molecule has 2 bridgehead atoms. The van der Waals surface area contributed by atoms with Crippen LogP contribution in [-0.2, 0) is 27.6 Å². The van der Waals surface area contributed by atoms with Gasteiger partial charge in [-0.05, 0) is 6.42 Å². The van der Waals surface area contributed by atoms with E-state index in [1.807, 2.05) is 0 Å². The van der Waals surface area contributed by atoms with E-state index in [1.54, 1.807) is 27.7 Å². The van der Waals surface area contributed by atoms with Crippen LogP contribution < -0.4 is 11.3 Å². The number of anilines is 1. The number of nitrogens with zero attached hydrogens (tertiary/aromatic N) is 7. The molecule has 0 aromatic carbocycles. The van der Waals surface area contributed by atoms with E-state index in [9.17, 15) is 9.90 Å². The first-order chi connectivity index (χ1) is 19.6. The van der Waals surface area contributed by atoms with Crippen molar-refractivity contribution in [2.45, 2.75) is 43.2 Å². The van der Waals surface area contributed by atoms with Crippen LogP contribution in [0.5, 0.6) is 0 Å². The van der Waals surface area contributed by atoms with Crippen molar-refractivity contribution in [2.75, 3.05) is 25.6 Å². The average molecular weight is 592 g/mol. The Morgan fingerprint density at radius 1 is 1.02 bits per heavy atom. The molecule has 3 fully saturated rings. The number of nitrogens with two attached hydrogens (primary N) is 1. The van der Waals surface area contributed by atoms with Crippen molar-refractivity contribution in [3.05, 3.63) is 53.2 Å². The predicted molar refractivity (Wildman–Crippen MR) is 140 cm³/mol. The van der Waals surface area contributed by atoms with E-state index in [0.29, 0.717) is 24.5 Å². The van der Waals surface area contributed by atoms with Gasteiger partial charge in [-0.15, -0.1) is 0 Å². The SMILES string of the molecule is Nc1ncnn2c([C@H]3C[C@@H]4COPOC[C@H]5O[C@@H](n6ccc(=O)n7ccnc67)[C@H](OPOC[C@H]4O3)[C@@H]5O)cnc12. The van der Waals surface area contributed by atoms with Gasteiger partial charge in [0.2, 0.25) is 5.78 Å². The summed E-state index contributed by atoms with van der Waals surface area (Å²) in [5.41, 5.74) is 6.94. The Morgan fingerprint density at radius 3 is 2.80 bits per heavy atom. The summed E-state index contributed by atoms with van der Waals surface area (Å²) in [7, 11) is -0.691. The second kappa shape index (κ2) is 11.0. The lowest BCUT2D eigenvalue weighted by atomic mass is 10.00. The molecule has 0 aliphatic carbocycles. The van der Waals surface area contributed by atoms with E-state index in [-0.39, 0.29) is 51.8 Å². The third-order valence-electron chi connectivity index (χ3n) is 7.28. The van der Waals surface area contributed by atoms with Gasteiger partial charge in [0.15, 0.2) is 35.8 Å². The standard InChI is InChI=1S/C22H26N8O8P2/c23-19-20-25-6-12(30(20)27-10-26-19)13-5-11-7-33-39-34-9-15-17(32)18(38-40-35-8-14(11)36-13)21(37-15)29-3-1-16(31)28-4-2-24-22(28)29/h1-4,6,10-11,13-15,17-18,21,32,39-40H,5,7-9H2,(H2,23,26,27)/t11-,13-,14-,15-,17-,18-,21-/m1/s1. The van der Waals surface area contributed by atoms with Gasteiger partial charge in [0, 0.05) is 30.6 Å². The monoisotopic (exact) mass is 592 g/mol. The third-order valence-corrected chi connectivity index (χ3v) is 8.50. The predicted octanol–water partition coefficient (Wildman–Crippen LogP) is 0.386. The Balaban J connectivity index is 1.09. The van der Waals surface area contributed by atoms with Crippen molar-refractivity contribution in [3.8, 4) is 0 Å². The zero-order valence-electron chi connectivity index (χ0n) is 20.8. The van der Waals surface area contributed by atoms with Crippen LogP contribution in [0.15, 0.2) is 42.0 Å². The molecule has 7 rings (SSSR count).